The van der Waals surface area contributed by atoms with Gasteiger partial charge in [0.05, 0.1) is 11.9 Å². The summed E-state index contributed by atoms with van der Waals surface area (Å²) >= 11 is 0. The predicted octanol–water partition coefficient (Wildman–Crippen LogP) is 3.21. The summed E-state index contributed by atoms with van der Waals surface area (Å²) in [7, 11) is 1.64. The third-order valence-electron chi connectivity index (χ3n) is 2.41. The van der Waals surface area contributed by atoms with Crippen LogP contribution in [0.25, 0.3) is 0 Å². The normalized spacial score (nSPS) is 13.7. The van der Waals surface area contributed by atoms with E-state index in [1.54, 1.807) is 7.05 Å². The lowest BCUT2D eigenvalue weighted by molar-refractivity contribution is -0.135. The second kappa shape index (κ2) is 5.95. The van der Waals surface area contributed by atoms with Crippen LogP contribution in [0.3, 0.4) is 0 Å². The van der Waals surface area contributed by atoms with Crippen LogP contribution in [0.2, 0.25) is 0 Å². The van der Waals surface area contributed by atoms with Gasteiger partial charge in [-0.1, -0.05) is 0 Å². The molecule has 1 rings (SSSR count). The molecule has 1 unspecified atom stereocenters. The van der Waals surface area contributed by atoms with Gasteiger partial charge in [-0.3, -0.25) is 4.98 Å². The Morgan fingerprint density at radius 1 is 1.35 bits per heavy atom. The first kappa shape index (κ1) is 13.9. The van der Waals surface area contributed by atoms with Gasteiger partial charge in [0, 0.05) is 12.5 Å². The van der Waals surface area contributed by atoms with E-state index in [9.17, 15) is 17.6 Å². The molecule has 0 bridgehead atoms. The van der Waals surface area contributed by atoms with Gasteiger partial charge >= 0.3 is 6.18 Å². The first-order chi connectivity index (χ1) is 7.92. The van der Waals surface area contributed by atoms with Gasteiger partial charge in [0.25, 0.3) is 0 Å². The molecule has 0 saturated heterocycles. The van der Waals surface area contributed by atoms with E-state index in [2.05, 4.69) is 10.3 Å². The van der Waals surface area contributed by atoms with E-state index in [0.717, 1.165) is 6.20 Å². The number of halogens is 4. The molecular weight excluding hydrogens is 236 g/mol. The van der Waals surface area contributed by atoms with Gasteiger partial charge in [-0.15, -0.1) is 0 Å². The van der Waals surface area contributed by atoms with E-state index in [4.69, 9.17) is 0 Å². The van der Waals surface area contributed by atoms with E-state index in [1.165, 1.54) is 12.1 Å². The lowest BCUT2D eigenvalue weighted by Gasteiger charge is -2.16. The molecule has 0 aliphatic carbocycles. The highest BCUT2D eigenvalue weighted by molar-refractivity contribution is 5.09. The van der Waals surface area contributed by atoms with Crippen molar-refractivity contribution in [3.05, 3.63) is 29.8 Å². The van der Waals surface area contributed by atoms with Gasteiger partial charge in [-0.25, -0.2) is 4.39 Å². The molecule has 1 heterocycles. The molecule has 0 aliphatic rings. The van der Waals surface area contributed by atoms with Gasteiger partial charge < -0.3 is 5.32 Å². The summed E-state index contributed by atoms with van der Waals surface area (Å²) in [6.45, 7) is 0. The van der Waals surface area contributed by atoms with Gasteiger partial charge in [0.2, 0.25) is 0 Å². The summed E-state index contributed by atoms with van der Waals surface area (Å²) in [6.07, 6.45) is -3.55. The van der Waals surface area contributed by atoms with Crippen LogP contribution in [0, 0.1) is 5.82 Å². The van der Waals surface area contributed by atoms with Crippen LogP contribution in [0.5, 0.6) is 0 Å². The Labute approximate surface area is 97.1 Å². The Hall–Kier alpha value is -1.17. The molecule has 1 aromatic heterocycles. The molecule has 2 nitrogen and oxygen atoms in total. The fourth-order valence-corrected chi connectivity index (χ4v) is 1.54. The highest BCUT2D eigenvalue weighted by atomic mass is 19.4. The number of rotatable bonds is 5. The Balaban J connectivity index is 2.51. The smallest absolute Gasteiger partial charge is 0.312 e. The Kier molecular flexibility index (Phi) is 4.86. The highest BCUT2D eigenvalue weighted by Gasteiger charge is 2.26. The summed E-state index contributed by atoms with van der Waals surface area (Å²) in [4.78, 5) is 3.85. The summed E-state index contributed by atoms with van der Waals surface area (Å²) < 4.78 is 48.6. The quantitative estimate of drug-likeness (QED) is 0.812. The largest absolute Gasteiger partial charge is 0.389 e. The molecule has 96 valence electrons. The fourth-order valence-electron chi connectivity index (χ4n) is 1.54. The number of nitrogens with zero attached hydrogens (tertiary/aromatic N) is 1. The van der Waals surface area contributed by atoms with E-state index < -0.39 is 18.4 Å². The van der Waals surface area contributed by atoms with Crippen molar-refractivity contribution in [3.8, 4) is 0 Å². The van der Waals surface area contributed by atoms with Crippen molar-refractivity contribution in [2.24, 2.45) is 0 Å². The minimum Gasteiger partial charge on any atom is -0.312 e. The monoisotopic (exact) mass is 250 g/mol. The van der Waals surface area contributed by atoms with Crippen LogP contribution >= 0.6 is 0 Å². The standard InChI is InChI=1S/C11H14F4N2/c1-16-9(3-2-6-11(13,14)15)10-5-4-8(12)7-17-10/h4-5,7,9,16H,2-3,6H2,1H3. The molecule has 0 aromatic carbocycles. The molecule has 0 fully saturated rings. The zero-order chi connectivity index (χ0) is 12.9. The number of nitrogens with one attached hydrogen (secondary N) is 1. The average molecular weight is 250 g/mol. The van der Waals surface area contributed by atoms with Gasteiger partial charge in [-0.05, 0) is 32.0 Å². The summed E-state index contributed by atoms with van der Waals surface area (Å²) in [5.74, 6) is -0.459. The fraction of sp³-hybridized carbons (Fsp3) is 0.545. The Bertz CT molecular complexity index is 334. The molecule has 1 aromatic rings. The minimum absolute atomic E-state index is 0.0219. The van der Waals surface area contributed by atoms with Gasteiger partial charge in [-0.2, -0.15) is 13.2 Å². The summed E-state index contributed by atoms with van der Waals surface area (Å²) in [6, 6.07) is 2.44. The number of hydrogen-bond acceptors (Lipinski definition) is 2. The van der Waals surface area contributed by atoms with E-state index in [-0.39, 0.29) is 12.5 Å². The maximum absolute atomic E-state index is 12.6. The maximum atomic E-state index is 12.6. The van der Waals surface area contributed by atoms with Crippen LogP contribution in [0.1, 0.15) is 31.0 Å². The SMILES string of the molecule is CNC(CCCC(F)(F)F)c1ccc(F)cn1. The minimum atomic E-state index is -4.13. The lowest BCUT2D eigenvalue weighted by atomic mass is 10.1. The van der Waals surface area contributed by atoms with E-state index in [1.807, 2.05) is 0 Å². The van der Waals surface area contributed by atoms with Crippen LogP contribution in [-0.4, -0.2) is 18.2 Å². The zero-order valence-electron chi connectivity index (χ0n) is 9.39. The lowest BCUT2D eigenvalue weighted by Crippen LogP contribution is -2.18. The number of aromatic nitrogens is 1. The summed E-state index contributed by atoms with van der Waals surface area (Å²) in [5, 5.41) is 2.87. The number of hydrogen-bond donors (Lipinski definition) is 1. The van der Waals surface area contributed by atoms with Crippen molar-refractivity contribution in [1.29, 1.82) is 0 Å². The Morgan fingerprint density at radius 3 is 2.53 bits per heavy atom. The number of pyridine rings is 1. The van der Waals surface area contributed by atoms with Crippen molar-refractivity contribution in [1.82, 2.24) is 10.3 Å². The van der Waals surface area contributed by atoms with E-state index in [0.29, 0.717) is 12.1 Å². The molecule has 0 spiro atoms. The molecule has 0 saturated carbocycles. The van der Waals surface area contributed by atoms with Crippen molar-refractivity contribution in [2.75, 3.05) is 7.05 Å². The molecule has 0 radical (unpaired) electrons. The molecule has 0 amide bonds. The zero-order valence-corrected chi connectivity index (χ0v) is 9.39. The van der Waals surface area contributed by atoms with Crippen LogP contribution < -0.4 is 5.32 Å². The molecule has 1 N–H and O–H groups in total. The topological polar surface area (TPSA) is 24.9 Å². The van der Waals surface area contributed by atoms with Crippen LogP contribution in [0.15, 0.2) is 18.3 Å². The highest BCUT2D eigenvalue weighted by Crippen LogP contribution is 2.25. The maximum Gasteiger partial charge on any atom is 0.389 e. The second-order valence-corrected chi connectivity index (χ2v) is 3.75. The van der Waals surface area contributed by atoms with Crippen molar-refractivity contribution < 1.29 is 17.6 Å². The van der Waals surface area contributed by atoms with Crippen molar-refractivity contribution in [3.63, 3.8) is 0 Å². The van der Waals surface area contributed by atoms with E-state index >= 15 is 0 Å². The second-order valence-electron chi connectivity index (χ2n) is 3.75. The van der Waals surface area contributed by atoms with Crippen LogP contribution in [0.4, 0.5) is 17.6 Å². The molecule has 0 aliphatic heterocycles. The third kappa shape index (κ3) is 5.12. The molecular formula is C11H14F4N2. The number of alkyl halides is 3. The van der Waals surface area contributed by atoms with Gasteiger partial charge in [0.1, 0.15) is 5.82 Å². The average Bonchev–Trinajstić information content (AvgIpc) is 2.24. The molecule has 17 heavy (non-hydrogen) atoms. The first-order valence-corrected chi connectivity index (χ1v) is 5.28. The first-order valence-electron chi connectivity index (χ1n) is 5.28. The van der Waals surface area contributed by atoms with Crippen molar-refractivity contribution >= 4 is 0 Å². The third-order valence-corrected chi connectivity index (χ3v) is 2.41. The predicted molar refractivity (Wildman–Crippen MR) is 55.9 cm³/mol. The Morgan fingerprint density at radius 2 is 2.06 bits per heavy atom. The van der Waals surface area contributed by atoms with Crippen LogP contribution in [-0.2, 0) is 0 Å². The van der Waals surface area contributed by atoms with Crippen molar-refractivity contribution in [2.45, 2.75) is 31.5 Å². The molecule has 1 atom stereocenters. The molecule has 6 heteroatoms. The summed E-state index contributed by atoms with van der Waals surface area (Å²) in [5.41, 5.74) is 0.552. The van der Waals surface area contributed by atoms with Gasteiger partial charge in [0.15, 0.2) is 0 Å².